The molecule has 3 aromatic rings. The lowest BCUT2D eigenvalue weighted by Crippen LogP contribution is -2.44. The number of halogens is 2. The Morgan fingerprint density at radius 1 is 1.07 bits per heavy atom. The number of hydrogen-bond donors (Lipinski definition) is 2. The summed E-state index contributed by atoms with van der Waals surface area (Å²) in [6, 6.07) is 13.3. The highest BCUT2D eigenvalue weighted by Crippen LogP contribution is 2.56. The quantitative estimate of drug-likeness (QED) is 0.267. The van der Waals surface area contributed by atoms with Gasteiger partial charge >= 0.3 is 5.97 Å². The van der Waals surface area contributed by atoms with Crippen LogP contribution >= 0.6 is 23.2 Å². The topological polar surface area (TPSA) is 92.8 Å². The Hall–Kier alpha value is -2.38. The smallest absolute Gasteiger partial charge is 0.309 e. The summed E-state index contributed by atoms with van der Waals surface area (Å²) in [5.74, 6) is 0.533. The lowest BCUT2D eigenvalue weighted by Gasteiger charge is -2.43. The number of carboxylic acids is 1. The van der Waals surface area contributed by atoms with E-state index < -0.39 is 17.0 Å². The van der Waals surface area contributed by atoms with Crippen LogP contribution in [0.15, 0.2) is 47.0 Å². The zero-order valence-electron chi connectivity index (χ0n) is 22.8. The highest BCUT2D eigenvalue weighted by molar-refractivity contribution is 6.39. The maximum absolute atomic E-state index is 12.1. The molecule has 212 valence electrons. The van der Waals surface area contributed by atoms with Gasteiger partial charge in [-0.2, -0.15) is 0 Å². The second-order valence-corrected chi connectivity index (χ2v) is 13.3. The molecule has 3 saturated carbocycles. The van der Waals surface area contributed by atoms with E-state index >= 15 is 0 Å². The Morgan fingerprint density at radius 2 is 1.73 bits per heavy atom. The second-order valence-electron chi connectivity index (χ2n) is 12.5. The van der Waals surface area contributed by atoms with Crippen LogP contribution in [0.5, 0.6) is 0 Å². The molecule has 0 saturated heterocycles. The predicted molar refractivity (Wildman–Crippen MR) is 153 cm³/mol. The zero-order valence-corrected chi connectivity index (χ0v) is 24.3. The maximum atomic E-state index is 12.1. The minimum absolute atomic E-state index is 0.00317. The van der Waals surface area contributed by atoms with Gasteiger partial charge in [-0.15, -0.1) is 0 Å². The van der Waals surface area contributed by atoms with Gasteiger partial charge < -0.3 is 19.5 Å². The molecule has 6 rings (SSSR count). The molecule has 2 aromatic carbocycles. The number of rotatable bonds is 9. The monoisotopic (exact) mass is 583 g/mol. The largest absolute Gasteiger partial charge is 0.481 e. The normalized spacial score (nSPS) is 26.3. The highest BCUT2D eigenvalue weighted by Gasteiger charge is 2.54. The first kappa shape index (κ1) is 27.8. The maximum Gasteiger partial charge on any atom is 0.309 e. The fourth-order valence-corrected chi connectivity index (χ4v) is 7.45. The molecule has 0 aliphatic heterocycles. The second kappa shape index (κ2) is 10.5. The van der Waals surface area contributed by atoms with Crippen LogP contribution in [0.25, 0.3) is 11.3 Å². The number of ether oxygens (including phenoxy) is 1. The molecule has 2 unspecified atom stereocenters. The molecule has 40 heavy (non-hydrogen) atoms. The zero-order chi connectivity index (χ0) is 28.2. The van der Waals surface area contributed by atoms with Gasteiger partial charge in [0.25, 0.3) is 0 Å². The van der Waals surface area contributed by atoms with Gasteiger partial charge in [0.05, 0.1) is 33.8 Å². The molecule has 1 heterocycles. The summed E-state index contributed by atoms with van der Waals surface area (Å²) in [5.41, 5.74) is 2.25. The van der Waals surface area contributed by atoms with Crippen LogP contribution in [0.1, 0.15) is 80.7 Å². The predicted octanol–water partition coefficient (Wildman–Crippen LogP) is 7.77. The van der Waals surface area contributed by atoms with Gasteiger partial charge in [0.1, 0.15) is 11.5 Å². The Morgan fingerprint density at radius 3 is 2.35 bits per heavy atom. The van der Waals surface area contributed by atoms with Crippen molar-refractivity contribution in [1.29, 1.82) is 0 Å². The minimum atomic E-state index is -0.935. The van der Waals surface area contributed by atoms with Crippen LogP contribution < -0.4 is 0 Å². The number of aromatic nitrogens is 1. The van der Waals surface area contributed by atoms with Gasteiger partial charge in [-0.05, 0) is 93.9 Å². The standard InChI is InChI=1S/C32H35Cl2NO5/c1-31(2,30(36)37)16-18-5-3-6-20(13-18)32(38)21-11-12-22(32)15-23(14-21)39-17-24-28(35-40-29(24)19-9-10-19)27-25(33)7-4-8-26(27)34/h3-8,13,19,21-23,38H,9-12,14-17H2,1-2H3,(H,36,37)/t21-,22+,23?,32?. The van der Waals surface area contributed by atoms with Crippen LogP contribution in [0.4, 0.5) is 0 Å². The molecule has 6 nitrogen and oxygen atoms in total. The Kier molecular flexibility index (Phi) is 7.27. The first-order valence-corrected chi connectivity index (χ1v) is 14.9. The third kappa shape index (κ3) is 4.98. The van der Waals surface area contributed by atoms with E-state index in [4.69, 9.17) is 32.5 Å². The minimum Gasteiger partial charge on any atom is -0.481 e. The van der Waals surface area contributed by atoms with E-state index in [9.17, 15) is 15.0 Å². The Bertz CT molecular complexity index is 1390. The average molecular weight is 585 g/mol. The van der Waals surface area contributed by atoms with Crippen molar-refractivity contribution in [2.24, 2.45) is 17.3 Å². The lowest BCUT2D eigenvalue weighted by atomic mass is 9.69. The number of nitrogens with zero attached hydrogens (tertiary/aromatic N) is 1. The van der Waals surface area contributed by atoms with E-state index in [1.807, 2.05) is 30.3 Å². The molecular weight excluding hydrogens is 549 g/mol. The summed E-state index contributed by atoms with van der Waals surface area (Å²) < 4.78 is 12.4. The third-order valence-corrected chi connectivity index (χ3v) is 9.88. The molecule has 0 radical (unpaired) electrons. The number of carboxylic acid groups (broad SMARTS) is 1. The molecule has 0 amide bonds. The number of fused-ring (bicyclic) bond motifs is 2. The summed E-state index contributed by atoms with van der Waals surface area (Å²) in [5, 5.41) is 27.1. The van der Waals surface area contributed by atoms with E-state index in [0.717, 1.165) is 61.0 Å². The van der Waals surface area contributed by atoms with E-state index in [1.54, 1.807) is 26.0 Å². The van der Waals surface area contributed by atoms with Gasteiger partial charge in [0, 0.05) is 17.0 Å². The van der Waals surface area contributed by atoms with Gasteiger partial charge in [-0.3, -0.25) is 4.79 Å². The number of hydrogen-bond acceptors (Lipinski definition) is 5. The van der Waals surface area contributed by atoms with Crippen LogP contribution in [-0.2, 0) is 28.2 Å². The SMILES string of the molecule is CC(C)(Cc1cccc(C2(O)[C@@H]3CC[C@H]2CC(OCc2c(-c4c(Cl)cccc4Cl)noc2C2CC2)C3)c1)C(=O)O. The van der Waals surface area contributed by atoms with Gasteiger partial charge in [0.2, 0.25) is 0 Å². The van der Waals surface area contributed by atoms with Crippen molar-refractivity contribution in [1.82, 2.24) is 5.16 Å². The summed E-state index contributed by atoms with van der Waals surface area (Å²) in [6.07, 6.45) is 5.94. The van der Waals surface area contributed by atoms with Gasteiger partial charge in [0.15, 0.2) is 0 Å². The van der Waals surface area contributed by atoms with Gasteiger partial charge in [-0.25, -0.2) is 0 Å². The number of benzene rings is 2. The summed E-state index contributed by atoms with van der Waals surface area (Å²) in [6.45, 7) is 3.82. The van der Waals surface area contributed by atoms with Gasteiger partial charge in [-0.1, -0.05) is 58.7 Å². The molecule has 8 heteroatoms. The van der Waals surface area contributed by atoms with Crippen molar-refractivity contribution in [3.8, 4) is 11.3 Å². The van der Waals surface area contributed by atoms with E-state index in [1.165, 1.54) is 0 Å². The van der Waals surface area contributed by atoms with E-state index in [2.05, 4.69) is 5.16 Å². The molecular formula is C32H35Cl2NO5. The van der Waals surface area contributed by atoms with Crippen LogP contribution in [0.3, 0.4) is 0 Å². The molecule has 2 N–H and O–H groups in total. The lowest BCUT2D eigenvalue weighted by molar-refractivity contribution is -0.146. The van der Waals surface area contributed by atoms with Crippen molar-refractivity contribution in [3.63, 3.8) is 0 Å². The van der Waals surface area contributed by atoms with E-state index in [-0.39, 0.29) is 17.9 Å². The van der Waals surface area contributed by atoms with Crippen LogP contribution in [-0.4, -0.2) is 27.4 Å². The molecule has 4 atom stereocenters. The molecule has 0 spiro atoms. The summed E-state index contributed by atoms with van der Waals surface area (Å²) in [7, 11) is 0. The Labute approximate surface area is 244 Å². The Balaban J connectivity index is 1.20. The molecule has 3 aliphatic carbocycles. The fourth-order valence-electron chi connectivity index (χ4n) is 6.87. The van der Waals surface area contributed by atoms with Crippen LogP contribution in [0.2, 0.25) is 10.0 Å². The molecule has 2 bridgehead atoms. The van der Waals surface area contributed by atoms with Crippen LogP contribution in [0, 0.1) is 17.3 Å². The number of aliphatic carboxylic acids is 1. The molecule has 3 fully saturated rings. The van der Waals surface area contributed by atoms with Crippen molar-refractivity contribution < 1.29 is 24.3 Å². The van der Waals surface area contributed by atoms with Crippen molar-refractivity contribution in [3.05, 3.63) is 75.0 Å². The van der Waals surface area contributed by atoms with E-state index in [0.29, 0.717) is 40.2 Å². The van der Waals surface area contributed by atoms with Crippen molar-refractivity contribution in [2.75, 3.05) is 0 Å². The summed E-state index contributed by atoms with van der Waals surface area (Å²) >= 11 is 13.0. The third-order valence-electron chi connectivity index (χ3n) is 9.25. The highest BCUT2D eigenvalue weighted by atomic mass is 35.5. The van der Waals surface area contributed by atoms with Crippen molar-refractivity contribution in [2.45, 2.75) is 83.0 Å². The number of aliphatic hydroxyl groups is 1. The fraction of sp³-hybridized carbons (Fsp3) is 0.500. The summed E-state index contributed by atoms with van der Waals surface area (Å²) in [4.78, 5) is 11.7. The van der Waals surface area contributed by atoms with Crippen molar-refractivity contribution >= 4 is 29.2 Å². The molecule has 1 aromatic heterocycles. The average Bonchev–Trinajstić information content (AvgIpc) is 3.65. The first-order chi connectivity index (χ1) is 19.1. The molecule has 3 aliphatic rings. The first-order valence-electron chi connectivity index (χ1n) is 14.2. The number of carbonyl (C=O) groups is 1.